The molecule has 0 saturated heterocycles. The zero-order chi connectivity index (χ0) is 19.8. The van der Waals surface area contributed by atoms with Crippen LogP contribution in [0.15, 0.2) is 91.0 Å². The van der Waals surface area contributed by atoms with Crippen LogP contribution in [-0.4, -0.2) is 4.98 Å². The minimum Gasteiger partial charge on any atom is -0.398 e. The number of nitrogens with zero attached hydrogens (tertiary/aromatic N) is 1. The molecule has 0 aliphatic rings. The minimum atomic E-state index is -0.238. The molecule has 29 heavy (non-hydrogen) atoms. The molecule has 0 aliphatic heterocycles. The lowest BCUT2D eigenvalue weighted by atomic mass is 9.98. The summed E-state index contributed by atoms with van der Waals surface area (Å²) in [6.45, 7) is 0. The highest BCUT2D eigenvalue weighted by molar-refractivity contribution is 7.21. The smallest absolute Gasteiger partial charge is 0.126 e. The average Bonchev–Trinajstić information content (AvgIpc) is 3.18. The number of rotatable bonds is 3. The number of hydrogen-bond donors (Lipinski definition) is 1. The Hall–Kier alpha value is -3.50. The first-order chi connectivity index (χ1) is 14.2. The van der Waals surface area contributed by atoms with Crippen molar-refractivity contribution >= 4 is 27.2 Å². The van der Waals surface area contributed by atoms with E-state index in [0.717, 1.165) is 43.0 Å². The summed E-state index contributed by atoms with van der Waals surface area (Å²) in [4.78, 5) is 4.95. The molecule has 5 rings (SSSR count). The van der Waals surface area contributed by atoms with Gasteiger partial charge in [-0.05, 0) is 53.1 Å². The number of para-hydroxylation sites is 1. The maximum Gasteiger partial charge on any atom is 0.126 e. The van der Waals surface area contributed by atoms with Gasteiger partial charge in [0.25, 0.3) is 0 Å². The Balaban J connectivity index is 1.77. The van der Waals surface area contributed by atoms with E-state index < -0.39 is 0 Å². The van der Waals surface area contributed by atoms with E-state index in [1.165, 1.54) is 12.1 Å². The van der Waals surface area contributed by atoms with Crippen molar-refractivity contribution in [3.8, 4) is 32.8 Å². The molecule has 4 heteroatoms. The lowest BCUT2D eigenvalue weighted by Crippen LogP contribution is -1.88. The number of hydrogen-bond acceptors (Lipinski definition) is 3. The van der Waals surface area contributed by atoms with Gasteiger partial charge in [0.05, 0.1) is 10.2 Å². The Morgan fingerprint density at radius 1 is 0.690 bits per heavy atom. The van der Waals surface area contributed by atoms with Crippen molar-refractivity contribution in [2.45, 2.75) is 0 Å². The first-order valence-electron chi connectivity index (χ1n) is 9.30. The average molecular weight is 396 g/mol. The van der Waals surface area contributed by atoms with Crippen molar-refractivity contribution in [2.75, 3.05) is 5.73 Å². The molecule has 0 radical (unpaired) electrons. The highest BCUT2D eigenvalue weighted by atomic mass is 32.1. The summed E-state index contributed by atoms with van der Waals surface area (Å²) in [6.07, 6.45) is 0. The largest absolute Gasteiger partial charge is 0.398 e. The number of aromatic nitrogens is 1. The Bertz CT molecular complexity index is 1310. The summed E-state index contributed by atoms with van der Waals surface area (Å²) < 4.78 is 14.5. The summed E-state index contributed by atoms with van der Waals surface area (Å²) in [5.74, 6) is -0.238. The molecule has 5 aromatic rings. The van der Waals surface area contributed by atoms with Gasteiger partial charge in [0, 0.05) is 16.8 Å². The van der Waals surface area contributed by atoms with Gasteiger partial charge in [-0.25, -0.2) is 9.37 Å². The second kappa shape index (κ2) is 7.15. The molecule has 0 amide bonds. The Morgan fingerprint density at radius 2 is 1.41 bits per heavy atom. The van der Waals surface area contributed by atoms with Gasteiger partial charge in [-0.2, -0.15) is 0 Å². The third-order valence-corrected chi connectivity index (χ3v) is 5.98. The van der Waals surface area contributed by atoms with Crippen molar-refractivity contribution in [3.63, 3.8) is 0 Å². The zero-order valence-corrected chi connectivity index (χ0v) is 16.3. The topological polar surface area (TPSA) is 38.9 Å². The summed E-state index contributed by atoms with van der Waals surface area (Å²) in [5.41, 5.74) is 13.0. The third kappa shape index (κ3) is 3.28. The van der Waals surface area contributed by atoms with E-state index in [0.29, 0.717) is 5.69 Å². The number of anilines is 1. The SMILES string of the molecule is Nc1ccccc1-c1nc2c(-c3ccccc3)cc(-c3ccc(F)cc3)cc2s1. The number of thiazole rings is 1. The molecular weight excluding hydrogens is 379 g/mol. The van der Waals surface area contributed by atoms with E-state index in [1.807, 2.05) is 54.6 Å². The molecule has 2 N–H and O–H groups in total. The van der Waals surface area contributed by atoms with Crippen LogP contribution in [0.5, 0.6) is 0 Å². The van der Waals surface area contributed by atoms with E-state index in [2.05, 4.69) is 24.3 Å². The highest BCUT2D eigenvalue weighted by Crippen LogP contribution is 2.40. The summed E-state index contributed by atoms with van der Waals surface area (Å²) in [6, 6.07) is 28.8. The molecule has 0 saturated carbocycles. The zero-order valence-electron chi connectivity index (χ0n) is 15.5. The van der Waals surface area contributed by atoms with E-state index in [9.17, 15) is 4.39 Å². The van der Waals surface area contributed by atoms with Crippen molar-refractivity contribution in [1.82, 2.24) is 4.98 Å². The van der Waals surface area contributed by atoms with Gasteiger partial charge in [0.2, 0.25) is 0 Å². The molecule has 0 aliphatic carbocycles. The molecule has 1 aromatic heterocycles. The third-order valence-electron chi connectivity index (χ3n) is 4.95. The van der Waals surface area contributed by atoms with Crippen LogP contribution in [0.4, 0.5) is 10.1 Å². The van der Waals surface area contributed by atoms with Crippen LogP contribution in [0.1, 0.15) is 0 Å². The fourth-order valence-electron chi connectivity index (χ4n) is 3.48. The van der Waals surface area contributed by atoms with Crippen LogP contribution < -0.4 is 5.73 Å². The van der Waals surface area contributed by atoms with Crippen LogP contribution in [-0.2, 0) is 0 Å². The van der Waals surface area contributed by atoms with Gasteiger partial charge < -0.3 is 5.73 Å². The molecule has 1 heterocycles. The predicted molar refractivity (Wildman–Crippen MR) is 120 cm³/mol. The van der Waals surface area contributed by atoms with Gasteiger partial charge >= 0.3 is 0 Å². The monoisotopic (exact) mass is 396 g/mol. The van der Waals surface area contributed by atoms with Crippen LogP contribution in [0, 0.1) is 5.82 Å². The van der Waals surface area contributed by atoms with Crippen LogP contribution in [0.25, 0.3) is 43.0 Å². The van der Waals surface area contributed by atoms with Gasteiger partial charge in [-0.15, -0.1) is 11.3 Å². The van der Waals surface area contributed by atoms with E-state index in [4.69, 9.17) is 10.7 Å². The molecule has 4 aromatic carbocycles. The van der Waals surface area contributed by atoms with Crippen molar-refractivity contribution in [1.29, 1.82) is 0 Å². The molecule has 0 spiro atoms. The van der Waals surface area contributed by atoms with E-state index >= 15 is 0 Å². The molecule has 0 unspecified atom stereocenters. The maximum atomic E-state index is 13.4. The minimum absolute atomic E-state index is 0.238. The van der Waals surface area contributed by atoms with E-state index in [1.54, 1.807) is 11.3 Å². The van der Waals surface area contributed by atoms with Crippen molar-refractivity contribution in [3.05, 3.63) is 96.8 Å². The second-order valence-corrected chi connectivity index (χ2v) is 7.88. The lowest BCUT2D eigenvalue weighted by Gasteiger charge is -2.08. The van der Waals surface area contributed by atoms with Gasteiger partial charge in [0.1, 0.15) is 10.8 Å². The molecule has 0 bridgehead atoms. The van der Waals surface area contributed by atoms with Crippen molar-refractivity contribution < 1.29 is 4.39 Å². The summed E-state index contributed by atoms with van der Waals surface area (Å²) >= 11 is 1.62. The Kier molecular flexibility index (Phi) is 4.34. The predicted octanol–water partition coefficient (Wildman–Crippen LogP) is 7.02. The lowest BCUT2D eigenvalue weighted by molar-refractivity contribution is 0.628. The fourth-order valence-corrected chi connectivity index (χ4v) is 4.56. The first-order valence-corrected chi connectivity index (χ1v) is 10.1. The quantitative estimate of drug-likeness (QED) is 0.333. The molecular formula is C25H17FN2S. The second-order valence-electron chi connectivity index (χ2n) is 6.85. The van der Waals surface area contributed by atoms with Gasteiger partial charge in [0.15, 0.2) is 0 Å². The Morgan fingerprint density at radius 3 is 2.17 bits per heavy atom. The first kappa shape index (κ1) is 17.6. The van der Waals surface area contributed by atoms with Crippen LogP contribution in [0.3, 0.4) is 0 Å². The number of nitrogens with two attached hydrogens (primary N) is 1. The normalized spacial score (nSPS) is 11.1. The number of benzene rings is 4. The molecule has 0 atom stereocenters. The molecule has 2 nitrogen and oxygen atoms in total. The van der Waals surface area contributed by atoms with E-state index in [-0.39, 0.29) is 5.82 Å². The molecule has 140 valence electrons. The number of nitrogen functional groups attached to an aromatic ring is 1. The van der Waals surface area contributed by atoms with Crippen LogP contribution >= 0.6 is 11.3 Å². The number of fused-ring (bicyclic) bond motifs is 1. The fraction of sp³-hybridized carbons (Fsp3) is 0. The highest BCUT2D eigenvalue weighted by Gasteiger charge is 2.15. The standard InChI is InChI=1S/C25H17FN2S/c26-19-12-10-16(11-13-19)18-14-21(17-6-2-1-3-7-17)24-23(15-18)29-25(28-24)20-8-4-5-9-22(20)27/h1-15H,27H2. The number of halogens is 1. The van der Waals surface area contributed by atoms with Gasteiger partial charge in [-0.1, -0.05) is 54.6 Å². The van der Waals surface area contributed by atoms with Gasteiger partial charge in [-0.3, -0.25) is 0 Å². The summed E-state index contributed by atoms with van der Waals surface area (Å²) in [5, 5.41) is 0.895. The maximum absolute atomic E-state index is 13.4. The van der Waals surface area contributed by atoms with Crippen molar-refractivity contribution in [2.24, 2.45) is 0 Å². The van der Waals surface area contributed by atoms with Crippen LogP contribution in [0.2, 0.25) is 0 Å². The molecule has 0 fully saturated rings. The Labute approximate surface area is 172 Å². The summed E-state index contributed by atoms with van der Waals surface area (Å²) in [7, 11) is 0.